The Bertz CT molecular complexity index is 311. The predicted molar refractivity (Wildman–Crippen MR) is 56.5 cm³/mol. The molecule has 0 aromatic carbocycles. The highest BCUT2D eigenvalue weighted by molar-refractivity contribution is 7.11. The Morgan fingerprint density at radius 1 is 1.19 bits per heavy atom. The normalized spacial score (nSPS) is 12.0. The quantitative estimate of drug-likeness (QED) is 0.790. The van der Waals surface area contributed by atoms with Gasteiger partial charge in [-0.05, 0) is 20.0 Å². The van der Waals surface area contributed by atoms with Crippen molar-refractivity contribution in [3.05, 3.63) is 10.0 Å². The molecule has 0 amide bonds. The summed E-state index contributed by atoms with van der Waals surface area (Å²) in [6.45, 7) is 0.872. The van der Waals surface area contributed by atoms with Crippen LogP contribution in [0.3, 0.4) is 0 Å². The number of rotatable bonds is 6. The maximum absolute atomic E-state index is 11.9. The molecule has 3 nitrogen and oxygen atoms in total. The summed E-state index contributed by atoms with van der Waals surface area (Å²) in [6, 6.07) is 0. The zero-order chi connectivity index (χ0) is 12.0. The molecule has 0 unspecified atom stereocenters. The molecule has 0 aliphatic rings. The van der Waals surface area contributed by atoms with Crippen LogP contribution in [0.1, 0.15) is 22.9 Å². The molecule has 1 aromatic rings. The molecule has 1 aromatic heterocycles. The first-order valence-electron chi connectivity index (χ1n) is 5.04. The average Bonchev–Trinajstić information content (AvgIpc) is 2.62. The van der Waals surface area contributed by atoms with Gasteiger partial charge in [0.05, 0.1) is 0 Å². The van der Waals surface area contributed by atoms with E-state index in [0.717, 1.165) is 24.4 Å². The minimum Gasteiger partial charge on any atom is -0.320 e. The number of hydrogen-bond donors (Lipinski definition) is 1. The van der Waals surface area contributed by atoms with Crippen LogP contribution in [0, 0.1) is 0 Å². The number of hydrogen-bond acceptors (Lipinski definition) is 4. The van der Waals surface area contributed by atoms with Crippen molar-refractivity contribution in [1.82, 2.24) is 15.5 Å². The minimum absolute atomic E-state index is 0.0623. The van der Waals surface area contributed by atoms with E-state index in [4.69, 9.17) is 0 Å². The Hall–Kier alpha value is -0.690. The molecule has 0 saturated heterocycles. The number of aromatic nitrogens is 2. The Kier molecular flexibility index (Phi) is 5.14. The first kappa shape index (κ1) is 13.4. The van der Waals surface area contributed by atoms with E-state index in [1.807, 2.05) is 7.05 Å². The van der Waals surface area contributed by atoms with Gasteiger partial charge < -0.3 is 5.32 Å². The van der Waals surface area contributed by atoms with Crippen LogP contribution in [-0.4, -0.2) is 30.0 Å². The third kappa shape index (κ3) is 5.41. The van der Waals surface area contributed by atoms with E-state index < -0.39 is 12.6 Å². The Balaban J connectivity index is 2.33. The third-order valence-corrected chi connectivity index (χ3v) is 2.99. The monoisotopic (exact) mass is 253 g/mol. The standard InChI is InChI=1S/C9H14F3N3S/c1-13-6-2-3-7-14-15-8(16-7)4-5-9(10,11)12/h13H,2-6H2,1H3. The Morgan fingerprint density at radius 3 is 2.38 bits per heavy atom. The van der Waals surface area contributed by atoms with E-state index in [1.165, 1.54) is 11.3 Å². The molecule has 1 rings (SSSR count). The lowest BCUT2D eigenvalue weighted by Crippen LogP contribution is -2.08. The molecule has 16 heavy (non-hydrogen) atoms. The molecule has 1 N–H and O–H groups in total. The van der Waals surface area contributed by atoms with Crippen LogP contribution >= 0.6 is 11.3 Å². The summed E-state index contributed by atoms with van der Waals surface area (Å²) in [4.78, 5) is 0. The van der Waals surface area contributed by atoms with Crippen molar-refractivity contribution in [3.8, 4) is 0 Å². The molecule has 0 spiro atoms. The molecule has 92 valence electrons. The minimum atomic E-state index is -4.11. The summed E-state index contributed by atoms with van der Waals surface area (Å²) in [6.07, 6.45) is -3.31. The highest BCUT2D eigenvalue weighted by Gasteiger charge is 2.27. The van der Waals surface area contributed by atoms with Gasteiger partial charge in [0.2, 0.25) is 0 Å². The van der Waals surface area contributed by atoms with Gasteiger partial charge in [0.1, 0.15) is 10.0 Å². The first-order valence-corrected chi connectivity index (χ1v) is 5.85. The second-order valence-electron chi connectivity index (χ2n) is 3.41. The average molecular weight is 253 g/mol. The lowest BCUT2D eigenvalue weighted by Gasteiger charge is -2.02. The van der Waals surface area contributed by atoms with Crippen LogP contribution < -0.4 is 5.32 Å². The molecule has 0 atom stereocenters. The molecule has 0 radical (unpaired) electrons. The number of halogens is 3. The van der Waals surface area contributed by atoms with E-state index in [-0.39, 0.29) is 6.42 Å². The molecule has 0 bridgehead atoms. The number of alkyl halides is 3. The van der Waals surface area contributed by atoms with Gasteiger partial charge in [0.25, 0.3) is 0 Å². The molecular formula is C9H14F3N3S. The highest BCUT2D eigenvalue weighted by Crippen LogP contribution is 2.23. The van der Waals surface area contributed by atoms with Crippen molar-refractivity contribution in [3.63, 3.8) is 0 Å². The summed E-state index contributed by atoms with van der Waals surface area (Å²) in [5.74, 6) is 0. The second-order valence-corrected chi connectivity index (χ2v) is 4.56. The van der Waals surface area contributed by atoms with Gasteiger partial charge in [-0.25, -0.2) is 0 Å². The molecular weight excluding hydrogens is 239 g/mol. The van der Waals surface area contributed by atoms with Crippen LogP contribution in [-0.2, 0) is 12.8 Å². The van der Waals surface area contributed by atoms with Crippen molar-refractivity contribution in [2.75, 3.05) is 13.6 Å². The first-order chi connectivity index (χ1) is 7.51. The van der Waals surface area contributed by atoms with Crippen molar-refractivity contribution in [1.29, 1.82) is 0 Å². The predicted octanol–water partition coefficient (Wildman–Crippen LogP) is 2.18. The molecule has 7 heteroatoms. The summed E-state index contributed by atoms with van der Waals surface area (Å²) in [5.41, 5.74) is 0. The maximum atomic E-state index is 11.9. The van der Waals surface area contributed by atoms with Crippen LogP contribution in [0.2, 0.25) is 0 Å². The van der Waals surface area contributed by atoms with E-state index in [9.17, 15) is 13.2 Å². The summed E-state index contributed by atoms with van der Waals surface area (Å²) in [5, 5.41) is 11.9. The lowest BCUT2D eigenvalue weighted by atomic mass is 10.3. The zero-order valence-corrected chi connectivity index (χ0v) is 9.79. The highest BCUT2D eigenvalue weighted by atomic mass is 32.1. The topological polar surface area (TPSA) is 37.8 Å². The van der Waals surface area contributed by atoms with Gasteiger partial charge in [0, 0.05) is 19.3 Å². The van der Waals surface area contributed by atoms with Gasteiger partial charge >= 0.3 is 6.18 Å². The fourth-order valence-corrected chi connectivity index (χ4v) is 2.04. The van der Waals surface area contributed by atoms with Crippen LogP contribution in [0.4, 0.5) is 13.2 Å². The fraction of sp³-hybridized carbons (Fsp3) is 0.778. The van der Waals surface area contributed by atoms with Gasteiger partial charge in [-0.2, -0.15) is 13.2 Å². The van der Waals surface area contributed by atoms with Gasteiger partial charge in [-0.3, -0.25) is 0 Å². The Labute approximate surface area is 96.1 Å². The fourth-order valence-electron chi connectivity index (χ4n) is 1.16. The van der Waals surface area contributed by atoms with Crippen molar-refractivity contribution < 1.29 is 13.2 Å². The number of nitrogens with one attached hydrogen (secondary N) is 1. The summed E-state index contributed by atoms with van der Waals surface area (Å²) >= 11 is 1.27. The maximum Gasteiger partial charge on any atom is 0.389 e. The summed E-state index contributed by atoms with van der Waals surface area (Å²) < 4.78 is 35.8. The largest absolute Gasteiger partial charge is 0.389 e. The van der Waals surface area contributed by atoms with Gasteiger partial charge in [-0.15, -0.1) is 21.5 Å². The van der Waals surface area contributed by atoms with E-state index in [2.05, 4.69) is 15.5 Å². The SMILES string of the molecule is CNCCCc1nnc(CCC(F)(F)F)s1. The molecule has 0 fully saturated rings. The molecule has 1 heterocycles. The van der Waals surface area contributed by atoms with E-state index in [0.29, 0.717) is 5.01 Å². The summed E-state index contributed by atoms with van der Waals surface area (Å²) in [7, 11) is 1.86. The Morgan fingerprint density at radius 2 is 1.81 bits per heavy atom. The number of aryl methyl sites for hydroxylation is 2. The van der Waals surface area contributed by atoms with Crippen LogP contribution in [0.15, 0.2) is 0 Å². The van der Waals surface area contributed by atoms with Crippen LogP contribution in [0.5, 0.6) is 0 Å². The molecule has 0 aliphatic carbocycles. The van der Waals surface area contributed by atoms with Gasteiger partial charge in [-0.1, -0.05) is 0 Å². The van der Waals surface area contributed by atoms with Crippen molar-refractivity contribution >= 4 is 11.3 Å². The van der Waals surface area contributed by atoms with Crippen molar-refractivity contribution in [2.24, 2.45) is 0 Å². The molecule has 0 saturated carbocycles. The van der Waals surface area contributed by atoms with Crippen molar-refractivity contribution in [2.45, 2.75) is 31.9 Å². The number of nitrogens with zero attached hydrogens (tertiary/aromatic N) is 2. The lowest BCUT2D eigenvalue weighted by molar-refractivity contribution is -0.134. The zero-order valence-electron chi connectivity index (χ0n) is 8.97. The van der Waals surface area contributed by atoms with Crippen LogP contribution in [0.25, 0.3) is 0 Å². The van der Waals surface area contributed by atoms with E-state index >= 15 is 0 Å². The molecule has 0 aliphatic heterocycles. The third-order valence-electron chi connectivity index (χ3n) is 1.95. The van der Waals surface area contributed by atoms with Gasteiger partial charge in [0.15, 0.2) is 0 Å². The second kappa shape index (κ2) is 6.15. The smallest absolute Gasteiger partial charge is 0.320 e. The van der Waals surface area contributed by atoms with E-state index in [1.54, 1.807) is 0 Å².